The quantitative estimate of drug-likeness (QED) is 0.696. The molecular formula is C21H23N5O4. The van der Waals surface area contributed by atoms with Crippen LogP contribution < -0.4 is 16.2 Å². The van der Waals surface area contributed by atoms with Gasteiger partial charge in [-0.15, -0.1) is 0 Å². The number of amides is 1. The third-order valence-electron chi connectivity index (χ3n) is 5.94. The lowest BCUT2D eigenvalue weighted by atomic mass is 10.1. The number of benzene rings is 1. The number of aryl methyl sites for hydroxylation is 1. The standard InChI is InChI=1S/C21H23N5O4/c27-18(8-12-26-16-5-1-2-6-17(16)30-21(26)29)25-11-7-14-15(13-25)22-20(23-19(14)28)24-9-3-4-10-24/h1-2,5-6H,3-4,7-13H2,(H,22,23,28). The second-order valence-electron chi connectivity index (χ2n) is 7.81. The van der Waals surface area contributed by atoms with Crippen molar-refractivity contribution in [2.75, 3.05) is 24.5 Å². The molecule has 0 spiro atoms. The van der Waals surface area contributed by atoms with E-state index in [1.807, 2.05) is 6.07 Å². The SMILES string of the molecule is O=C(CCn1c(=O)oc2ccccc21)N1CCc2c(nc(N3CCCC3)[nH]c2=O)C1. The number of fused-ring (bicyclic) bond motifs is 2. The highest BCUT2D eigenvalue weighted by molar-refractivity contribution is 5.77. The molecule has 1 amide bonds. The number of nitrogens with zero attached hydrogens (tertiary/aromatic N) is 4. The smallest absolute Gasteiger partial charge is 0.408 e. The van der Waals surface area contributed by atoms with E-state index in [2.05, 4.69) is 14.9 Å². The Morgan fingerprint density at radius 3 is 2.77 bits per heavy atom. The van der Waals surface area contributed by atoms with Crippen LogP contribution in [0, 0.1) is 0 Å². The third kappa shape index (κ3) is 3.30. The molecule has 2 aliphatic rings. The van der Waals surface area contributed by atoms with Crippen molar-refractivity contribution < 1.29 is 9.21 Å². The first-order chi connectivity index (χ1) is 14.6. The molecular weight excluding hydrogens is 386 g/mol. The average Bonchev–Trinajstić information content (AvgIpc) is 3.39. The van der Waals surface area contributed by atoms with Crippen LogP contribution in [0.3, 0.4) is 0 Å². The molecule has 0 atom stereocenters. The van der Waals surface area contributed by atoms with E-state index in [1.54, 1.807) is 23.1 Å². The number of oxazole rings is 1. The predicted molar refractivity (Wildman–Crippen MR) is 111 cm³/mol. The van der Waals surface area contributed by atoms with Crippen molar-refractivity contribution in [2.45, 2.75) is 38.8 Å². The van der Waals surface area contributed by atoms with Gasteiger partial charge in [0.05, 0.1) is 17.8 Å². The normalized spacial score (nSPS) is 16.3. The zero-order valence-electron chi connectivity index (χ0n) is 16.6. The minimum Gasteiger partial charge on any atom is -0.408 e. The number of nitrogens with one attached hydrogen (secondary N) is 1. The second-order valence-corrected chi connectivity index (χ2v) is 7.81. The number of carbonyl (C=O) groups is 1. The molecule has 9 nitrogen and oxygen atoms in total. The van der Waals surface area contributed by atoms with Crippen LogP contribution in [-0.2, 0) is 24.3 Å². The zero-order chi connectivity index (χ0) is 20.7. The number of para-hydroxylation sites is 2. The summed E-state index contributed by atoms with van der Waals surface area (Å²) in [7, 11) is 0. The van der Waals surface area contributed by atoms with Gasteiger partial charge in [-0.2, -0.15) is 0 Å². The summed E-state index contributed by atoms with van der Waals surface area (Å²) in [6, 6.07) is 7.17. The van der Waals surface area contributed by atoms with Crippen molar-refractivity contribution in [3.05, 3.63) is 56.4 Å². The second kappa shape index (κ2) is 7.47. The molecule has 1 N–H and O–H groups in total. The number of aromatic amines is 1. The van der Waals surface area contributed by atoms with Gasteiger partial charge >= 0.3 is 5.76 Å². The molecule has 2 aromatic heterocycles. The molecule has 4 heterocycles. The maximum Gasteiger partial charge on any atom is 0.419 e. The Balaban J connectivity index is 1.31. The molecule has 0 radical (unpaired) electrons. The highest BCUT2D eigenvalue weighted by Crippen LogP contribution is 2.20. The lowest BCUT2D eigenvalue weighted by Crippen LogP contribution is -2.40. The number of rotatable bonds is 4. The Morgan fingerprint density at radius 2 is 1.93 bits per heavy atom. The summed E-state index contributed by atoms with van der Waals surface area (Å²) in [5, 5.41) is 0. The van der Waals surface area contributed by atoms with E-state index >= 15 is 0 Å². The fourth-order valence-electron chi connectivity index (χ4n) is 4.31. The van der Waals surface area contributed by atoms with Gasteiger partial charge < -0.3 is 14.2 Å². The van der Waals surface area contributed by atoms with Crippen LogP contribution in [0.25, 0.3) is 11.1 Å². The molecule has 30 heavy (non-hydrogen) atoms. The summed E-state index contributed by atoms with van der Waals surface area (Å²) in [4.78, 5) is 48.8. The summed E-state index contributed by atoms with van der Waals surface area (Å²) >= 11 is 0. The van der Waals surface area contributed by atoms with Gasteiger partial charge in [0.2, 0.25) is 11.9 Å². The number of H-pyrrole nitrogens is 1. The number of carbonyl (C=O) groups excluding carboxylic acids is 1. The maximum atomic E-state index is 12.8. The first-order valence-electron chi connectivity index (χ1n) is 10.3. The highest BCUT2D eigenvalue weighted by atomic mass is 16.4. The summed E-state index contributed by atoms with van der Waals surface area (Å²) in [6.07, 6.45) is 2.85. The van der Waals surface area contributed by atoms with E-state index in [0.717, 1.165) is 25.9 Å². The van der Waals surface area contributed by atoms with Crippen LogP contribution in [0.5, 0.6) is 0 Å². The largest absolute Gasteiger partial charge is 0.419 e. The van der Waals surface area contributed by atoms with Crippen molar-refractivity contribution in [1.82, 2.24) is 19.4 Å². The van der Waals surface area contributed by atoms with Crippen LogP contribution >= 0.6 is 0 Å². The Bertz CT molecular complexity index is 1220. The van der Waals surface area contributed by atoms with Crippen LogP contribution in [0.2, 0.25) is 0 Å². The van der Waals surface area contributed by atoms with Gasteiger partial charge in [-0.05, 0) is 31.4 Å². The van der Waals surface area contributed by atoms with Gasteiger partial charge in [0.25, 0.3) is 5.56 Å². The van der Waals surface area contributed by atoms with Crippen molar-refractivity contribution in [2.24, 2.45) is 0 Å². The molecule has 0 unspecified atom stereocenters. The summed E-state index contributed by atoms with van der Waals surface area (Å²) in [6.45, 7) is 2.82. The van der Waals surface area contributed by atoms with Crippen molar-refractivity contribution in [1.29, 1.82) is 0 Å². The molecule has 0 aliphatic carbocycles. The maximum absolute atomic E-state index is 12.8. The topological polar surface area (TPSA) is 104 Å². The van der Waals surface area contributed by atoms with Gasteiger partial charge in [0.1, 0.15) is 0 Å². The predicted octanol–water partition coefficient (Wildman–Crippen LogP) is 1.25. The molecule has 2 aliphatic heterocycles. The zero-order valence-corrected chi connectivity index (χ0v) is 16.6. The van der Waals surface area contributed by atoms with Crippen LogP contribution in [0.4, 0.5) is 5.95 Å². The molecule has 0 bridgehead atoms. The first kappa shape index (κ1) is 18.7. The lowest BCUT2D eigenvalue weighted by molar-refractivity contribution is -0.132. The van der Waals surface area contributed by atoms with Gasteiger partial charge in [0, 0.05) is 38.2 Å². The Hall–Kier alpha value is -3.36. The highest BCUT2D eigenvalue weighted by Gasteiger charge is 2.26. The number of hydrogen-bond donors (Lipinski definition) is 1. The fourth-order valence-corrected chi connectivity index (χ4v) is 4.31. The Kier molecular flexibility index (Phi) is 4.65. The molecule has 1 saturated heterocycles. The molecule has 3 aromatic rings. The average molecular weight is 409 g/mol. The Labute approximate surface area is 171 Å². The summed E-state index contributed by atoms with van der Waals surface area (Å²) < 4.78 is 6.71. The number of hydrogen-bond acceptors (Lipinski definition) is 6. The van der Waals surface area contributed by atoms with Crippen LogP contribution in [0.15, 0.2) is 38.3 Å². The minimum atomic E-state index is -0.462. The third-order valence-corrected chi connectivity index (χ3v) is 5.94. The van der Waals surface area contributed by atoms with Gasteiger partial charge in [0.15, 0.2) is 5.58 Å². The van der Waals surface area contributed by atoms with E-state index in [4.69, 9.17) is 4.42 Å². The van der Waals surface area contributed by atoms with E-state index in [9.17, 15) is 14.4 Å². The monoisotopic (exact) mass is 409 g/mol. The van der Waals surface area contributed by atoms with E-state index in [1.165, 1.54) is 4.57 Å². The first-order valence-corrected chi connectivity index (χ1v) is 10.3. The number of aromatic nitrogens is 3. The Morgan fingerprint density at radius 1 is 1.13 bits per heavy atom. The minimum absolute atomic E-state index is 0.0670. The summed E-state index contributed by atoms with van der Waals surface area (Å²) in [5.41, 5.74) is 2.43. The van der Waals surface area contributed by atoms with Crippen LogP contribution in [-0.4, -0.2) is 45.0 Å². The van der Waals surface area contributed by atoms with E-state index in [-0.39, 0.29) is 24.4 Å². The molecule has 0 saturated carbocycles. The van der Waals surface area contributed by atoms with Gasteiger partial charge in [-0.3, -0.25) is 19.1 Å². The summed E-state index contributed by atoms with van der Waals surface area (Å²) in [5.74, 6) is 0.0704. The molecule has 5 rings (SSSR count). The van der Waals surface area contributed by atoms with Crippen molar-refractivity contribution in [3.8, 4) is 0 Å². The molecule has 1 fully saturated rings. The lowest BCUT2D eigenvalue weighted by Gasteiger charge is -2.28. The van der Waals surface area contributed by atoms with E-state index < -0.39 is 5.76 Å². The number of anilines is 1. The van der Waals surface area contributed by atoms with Crippen molar-refractivity contribution >= 4 is 23.0 Å². The fraction of sp³-hybridized carbons (Fsp3) is 0.429. The molecule has 156 valence electrons. The molecule has 1 aromatic carbocycles. The van der Waals surface area contributed by atoms with E-state index in [0.29, 0.717) is 47.8 Å². The van der Waals surface area contributed by atoms with Crippen molar-refractivity contribution in [3.63, 3.8) is 0 Å². The van der Waals surface area contributed by atoms with Gasteiger partial charge in [-0.1, -0.05) is 12.1 Å². The van der Waals surface area contributed by atoms with Gasteiger partial charge in [-0.25, -0.2) is 9.78 Å². The van der Waals surface area contributed by atoms with Crippen LogP contribution in [0.1, 0.15) is 30.5 Å². The molecule has 9 heteroatoms.